The normalized spacial score (nSPS) is 21.6. The number of nitrogens with zero attached hydrogens (tertiary/aromatic N) is 1. The Balaban J connectivity index is 1.51. The van der Waals surface area contributed by atoms with Gasteiger partial charge in [-0.1, -0.05) is 50.2 Å². The molecule has 2 atom stereocenters. The molecule has 4 rings (SSSR count). The molecule has 0 saturated carbocycles. The highest BCUT2D eigenvalue weighted by atomic mass is 16.7. The number of ether oxygens (including phenoxy) is 2. The average Bonchev–Trinajstić information content (AvgIpc) is 3.18. The number of rotatable bonds is 5. The number of amides is 1. The number of carbonyl (C=O) groups excluding carboxylic acids is 1. The van der Waals surface area contributed by atoms with Crippen LogP contribution in [0.4, 0.5) is 0 Å². The lowest BCUT2D eigenvalue weighted by atomic mass is 9.79. The highest BCUT2D eigenvalue weighted by Gasteiger charge is 2.38. The van der Waals surface area contributed by atoms with Gasteiger partial charge in [-0.05, 0) is 35.1 Å². The molecule has 0 spiro atoms. The highest BCUT2D eigenvalue weighted by Crippen LogP contribution is 2.34. The molecule has 6 heteroatoms. The maximum absolute atomic E-state index is 13.3. The monoisotopic (exact) mass is 395 g/mol. The van der Waals surface area contributed by atoms with Crippen molar-refractivity contribution in [1.29, 1.82) is 0 Å². The molecule has 0 radical (unpaired) electrons. The second-order valence-corrected chi connectivity index (χ2v) is 8.57. The summed E-state index contributed by atoms with van der Waals surface area (Å²) in [4.78, 5) is 15.6. The summed E-state index contributed by atoms with van der Waals surface area (Å²) in [6, 6.07) is 15.5. The van der Waals surface area contributed by atoms with E-state index in [1.807, 2.05) is 48.5 Å². The molecule has 2 unspecified atom stereocenters. The molecule has 1 amide bonds. The maximum Gasteiger partial charge on any atom is 0.242 e. The molecule has 0 aromatic heterocycles. The van der Waals surface area contributed by atoms with Gasteiger partial charge >= 0.3 is 0 Å². The predicted molar refractivity (Wildman–Crippen MR) is 112 cm³/mol. The molecule has 154 valence electrons. The predicted octanol–water partition coefficient (Wildman–Crippen LogP) is 2.83. The summed E-state index contributed by atoms with van der Waals surface area (Å²) in [5, 5.41) is 3.12. The maximum atomic E-state index is 13.3. The van der Waals surface area contributed by atoms with E-state index in [4.69, 9.17) is 15.2 Å². The van der Waals surface area contributed by atoms with Crippen molar-refractivity contribution >= 4 is 5.91 Å². The van der Waals surface area contributed by atoms with Crippen molar-refractivity contribution in [2.24, 2.45) is 11.1 Å². The number of carbonyl (C=O) groups is 1. The summed E-state index contributed by atoms with van der Waals surface area (Å²) < 4.78 is 10.8. The van der Waals surface area contributed by atoms with E-state index in [9.17, 15) is 4.79 Å². The molecule has 3 N–H and O–H groups in total. The van der Waals surface area contributed by atoms with E-state index in [0.717, 1.165) is 42.1 Å². The van der Waals surface area contributed by atoms with Crippen LogP contribution in [-0.4, -0.2) is 36.7 Å². The van der Waals surface area contributed by atoms with E-state index >= 15 is 0 Å². The van der Waals surface area contributed by atoms with Crippen molar-refractivity contribution in [1.82, 2.24) is 10.2 Å². The summed E-state index contributed by atoms with van der Waals surface area (Å²) in [5.41, 5.74) is 8.26. The number of hydrogen-bond acceptors (Lipinski definition) is 5. The fraction of sp³-hybridized carbons (Fsp3) is 0.435. The van der Waals surface area contributed by atoms with Gasteiger partial charge in [0.15, 0.2) is 11.5 Å². The first-order valence-electron chi connectivity index (χ1n) is 10.1. The van der Waals surface area contributed by atoms with Crippen molar-refractivity contribution in [2.75, 3.05) is 19.9 Å². The van der Waals surface area contributed by atoms with Crippen LogP contribution < -0.4 is 20.5 Å². The van der Waals surface area contributed by atoms with Gasteiger partial charge in [0.25, 0.3) is 0 Å². The number of benzene rings is 2. The molecule has 2 aromatic carbocycles. The van der Waals surface area contributed by atoms with Crippen LogP contribution in [-0.2, 0) is 11.3 Å². The van der Waals surface area contributed by atoms with Gasteiger partial charge in [-0.3, -0.25) is 9.69 Å². The largest absolute Gasteiger partial charge is 0.454 e. The van der Waals surface area contributed by atoms with Crippen molar-refractivity contribution in [3.63, 3.8) is 0 Å². The zero-order valence-electron chi connectivity index (χ0n) is 17.1. The Labute approximate surface area is 172 Å². The van der Waals surface area contributed by atoms with E-state index in [0.29, 0.717) is 6.54 Å². The van der Waals surface area contributed by atoms with Gasteiger partial charge in [-0.15, -0.1) is 0 Å². The molecular formula is C23H29N3O3. The van der Waals surface area contributed by atoms with Crippen LogP contribution in [0.2, 0.25) is 0 Å². The van der Waals surface area contributed by atoms with E-state index in [2.05, 4.69) is 24.1 Å². The second-order valence-electron chi connectivity index (χ2n) is 8.57. The summed E-state index contributed by atoms with van der Waals surface area (Å²) >= 11 is 0. The van der Waals surface area contributed by atoms with Gasteiger partial charge in [0, 0.05) is 25.7 Å². The van der Waals surface area contributed by atoms with Crippen LogP contribution in [0.15, 0.2) is 48.5 Å². The molecule has 0 aliphatic carbocycles. The van der Waals surface area contributed by atoms with E-state index in [1.54, 1.807) is 0 Å². The van der Waals surface area contributed by atoms with Crippen LogP contribution in [0.5, 0.6) is 11.5 Å². The van der Waals surface area contributed by atoms with Crippen LogP contribution in [0.1, 0.15) is 37.4 Å². The smallest absolute Gasteiger partial charge is 0.242 e. The molecule has 1 saturated heterocycles. The minimum absolute atomic E-state index is 0.000128. The Hall–Kier alpha value is -2.57. The van der Waals surface area contributed by atoms with Crippen molar-refractivity contribution < 1.29 is 14.3 Å². The fourth-order valence-corrected chi connectivity index (χ4v) is 4.14. The zero-order chi connectivity index (χ0) is 20.4. The first-order valence-corrected chi connectivity index (χ1v) is 10.1. The van der Waals surface area contributed by atoms with Crippen molar-refractivity contribution in [3.05, 3.63) is 59.7 Å². The van der Waals surface area contributed by atoms with E-state index in [1.165, 1.54) is 0 Å². The van der Waals surface area contributed by atoms with Gasteiger partial charge in [0.05, 0.1) is 0 Å². The summed E-state index contributed by atoms with van der Waals surface area (Å²) in [7, 11) is 0. The fourth-order valence-electron chi connectivity index (χ4n) is 4.14. The Kier molecular flexibility index (Phi) is 5.48. The lowest BCUT2D eigenvalue weighted by molar-refractivity contribution is -0.128. The van der Waals surface area contributed by atoms with Gasteiger partial charge in [0.1, 0.15) is 6.04 Å². The van der Waals surface area contributed by atoms with E-state index < -0.39 is 0 Å². The van der Waals surface area contributed by atoms with Gasteiger partial charge < -0.3 is 20.5 Å². The topological polar surface area (TPSA) is 76.8 Å². The molecule has 6 nitrogen and oxygen atoms in total. The Morgan fingerprint density at radius 2 is 1.97 bits per heavy atom. The van der Waals surface area contributed by atoms with Crippen LogP contribution in [0, 0.1) is 5.41 Å². The van der Waals surface area contributed by atoms with Crippen molar-refractivity contribution in [2.45, 2.75) is 38.9 Å². The molecule has 2 aliphatic rings. The molecule has 2 heterocycles. The minimum Gasteiger partial charge on any atom is -0.454 e. The number of nitrogens with two attached hydrogens (primary N) is 1. The number of piperidine rings is 1. The quantitative estimate of drug-likeness (QED) is 0.814. The van der Waals surface area contributed by atoms with E-state index in [-0.39, 0.29) is 30.2 Å². The average molecular weight is 396 g/mol. The summed E-state index contributed by atoms with van der Waals surface area (Å²) in [6.45, 7) is 6.63. The SMILES string of the molecule is CC1(C)CN(C(C(=O)NCc2ccc3c(c2)OCO3)c2ccccc2)CCC1N. The van der Waals surface area contributed by atoms with Crippen molar-refractivity contribution in [3.8, 4) is 11.5 Å². The van der Waals surface area contributed by atoms with Crippen LogP contribution >= 0.6 is 0 Å². The standard InChI is InChI=1S/C23H29N3O3/c1-23(2)14-26(11-10-20(23)24)21(17-6-4-3-5-7-17)22(27)25-13-16-8-9-18-19(12-16)29-15-28-18/h3-9,12,20-21H,10-11,13-15,24H2,1-2H3,(H,25,27). The van der Waals surface area contributed by atoms with Crippen LogP contribution in [0.3, 0.4) is 0 Å². The highest BCUT2D eigenvalue weighted by molar-refractivity contribution is 5.83. The Morgan fingerprint density at radius 1 is 1.21 bits per heavy atom. The van der Waals surface area contributed by atoms with Gasteiger partial charge in [-0.25, -0.2) is 0 Å². The molecular weight excluding hydrogens is 366 g/mol. The van der Waals surface area contributed by atoms with Crippen LogP contribution in [0.25, 0.3) is 0 Å². The molecule has 29 heavy (non-hydrogen) atoms. The zero-order valence-corrected chi connectivity index (χ0v) is 17.1. The molecule has 2 aliphatic heterocycles. The first-order chi connectivity index (χ1) is 13.9. The Morgan fingerprint density at radius 3 is 2.72 bits per heavy atom. The van der Waals surface area contributed by atoms with Gasteiger partial charge in [0.2, 0.25) is 12.7 Å². The third-order valence-corrected chi connectivity index (χ3v) is 5.97. The molecule has 2 aromatic rings. The lowest BCUT2D eigenvalue weighted by Gasteiger charge is -2.45. The molecule has 1 fully saturated rings. The third kappa shape index (κ3) is 4.23. The number of fused-ring (bicyclic) bond motifs is 1. The summed E-state index contributed by atoms with van der Waals surface area (Å²) in [5.74, 6) is 1.47. The molecule has 0 bridgehead atoms. The Bertz CT molecular complexity index is 869. The minimum atomic E-state index is -0.336. The number of nitrogens with one attached hydrogen (secondary N) is 1. The van der Waals surface area contributed by atoms with Gasteiger partial charge in [-0.2, -0.15) is 0 Å². The number of likely N-dealkylation sites (tertiary alicyclic amines) is 1. The number of hydrogen-bond donors (Lipinski definition) is 2. The lowest BCUT2D eigenvalue weighted by Crippen LogP contribution is -2.55. The summed E-state index contributed by atoms with van der Waals surface area (Å²) in [6.07, 6.45) is 0.881. The second kappa shape index (κ2) is 8.05. The third-order valence-electron chi connectivity index (χ3n) is 5.97. The first kappa shape index (κ1) is 19.7.